The quantitative estimate of drug-likeness (QED) is 0.731. The van der Waals surface area contributed by atoms with E-state index < -0.39 is 5.54 Å². The Balaban J connectivity index is 1.26. The maximum absolute atomic E-state index is 12.7. The summed E-state index contributed by atoms with van der Waals surface area (Å²) in [6.45, 7) is 1.75. The molecule has 1 heterocycles. The molecule has 4 fully saturated rings. The SMILES string of the molecule is C[C@](CO)(Cc1c[nH]c2ccccc12)NC(=O)OC1C2CC3CC(C2)CC1C3. The van der Waals surface area contributed by atoms with E-state index >= 15 is 0 Å². The van der Waals surface area contributed by atoms with Crippen LogP contribution in [0.3, 0.4) is 0 Å². The molecule has 0 radical (unpaired) electrons. The van der Waals surface area contributed by atoms with Crippen molar-refractivity contribution >= 4 is 17.0 Å². The Bertz CT molecular complexity index is 848. The number of H-pyrrole nitrogens is 1. The average Bonchev–Trinajstić information content (AvgIpc) is 3.07. The van der Waals surface area contributed by atoms with Crippen molar-refractivity contribution in [2.45, 2.75) is 57.1 Å². The van der Waals surface area contributed by atoms with Gasteiger partial charge in [-0.15, -0.1) is 0 Å². The predicted octanol–water partition coefficient (Wildman–Crippen LogP) is 4.01. The maximum Gasteiger partial charge on any atom is 0.407 e. The first kappa shape index (κ1) is 18.0. The molecule has 0 spiro atoms. The molecule has 5 heteroatoms. The molecular weight excluding hydrogens is 352 g/mol. The second-order valence-electron chi connectivity index (χ2n) is 9.68. The van der Waals surface area contributed by atoms with Gasteiger partial charge < -0.3 is 20.1 Å². The third-order valence-corrected chi connectivity index (χ3v) is 7.39. The minimum atomic E-state index is -0.756. The molecule has 2 aromatic rings. The summed E-state index contributed by atoms with van der Waals surface area (Å²) in [5.41, 5.74) is 1.39. The fourth-order valence-corrected chi connectivity index (χ4v) is 6.30. The normalized spacial score (nSPS) is 33.0. The monoisotopic (exact) mass is 382 g/mol. The van der Waals surface area contributed by atoms with Crippen LogP contribution in [-0.4, -0.2) is 34.4 Å². The van der Waals surface area contributed by atoms with E-state index in [4.69, 9.17) is 4.74 Å². The van der Waals surface area contributed by atoms with Gasteiger partial charge in [0.25, 0.3) is 0 Å². The summed E-state index contributed by atoms with van der Waals surface area (Å²) >= 11 is 0. The van der Waals surface area contributed by atoms with Crippen molar-refractivity contribution in [1.29, 1.82) is 0 Å². The lowest BCUT2D eigenvalue weighted by atomic mass is 9.55. The second kappa shape index (κ2) is 6.80. The molecule has 0 saturated heterocycles. The summed E-state index contributed by atoms with van der Waals surface area (Å²) < 4.78 is 5.96. The number of alkyl carbamates (subject to hydrolysis) is 1. The van der Waals surface area contributed by atoms with Crippen LogP contribution in [0.5, 0.6) is 0 Å². The summed E-state index contributed by atoms with van der Waals surface area (Å²) in [6.07, 6.45) is 8.45. The van der Waals surface area contributed by atoms with E-state index in [9.17, 15) is 9.90 Å². The highest BCUT2D eigenvalue weighted by atomic mass is 16.6. The molecule has 4 saturated carbocycles. The van der Waals surface area contributed by atoms with Crippen LogP contribution < -0.4 is 5.32 Å². The van der Waals surface area contributed by atoms with Gasteiger partial charge in [-0.2, -0.15) is 0 Å². The van der Waals surface area contributed by atoms with Crippen LogP contribution in [0, 0.1) is 23.7 Å². The van der Waals surface area contributed by atoms with Gasteiger partial charge in [0.2, 0.25) is 0 Å². The van der Waals surface area contributed by atoms with Crippen molar-refractivity contribution in [2.24, 2.45) is 23.7 Å². The molecule has 3 N–H and O–H groups in total. The summed E-state index contributed by atoms with van der Waals surface area (Å²) in [7, 11) is 0. The van der Waals surface area contributed by atoms with Crippen molar-refractivity contribution < 1.29 is 14.6 Å². The van der Waals surface area contributed by atoms with Crippen LogP contribution >= 0.6 is 0 Å². The summed E-state index contributed by atoms with van der Waals surface area (Å²) in [6, 6.07) is 8.09. The molecular formula is C23H30N2O3. The third kappa shape index (κ3) is 3.20. The Labute approximate surface area is 165 Å². The van der Waals surface area contributed by atoms with Gasteiger partial charge in [-0.05, 0) is 80.8 Å². The molecule has 4 bridgehead atoms. The maximum atomic E-state index is 12.7. The highest BCUT2D eigenvalue weighted by Crippen LogP contribution is 2.54. The van der Waals surface area contributed by atoms with Crippen LogP contribution in [-0.2, 0) is 11.2 Å². The van der Waals surface area contributed by atoms with Crippen LogP contribution in [0.15, 0.2) is 30.5 Å². The fraction of sp³-hybridized carbons (Fsp3) is 0.609. The number of carbonyl (C=O) groups is 1. The van der Waals surface area contributed by atoms with Crippen LogP contribution in [0.2, 0.25) is 0 Å². The summed E-state index contributed by atoms with van der Waals surface area (Å²) in [4.78, 5) is 16.0. The van der Waals surface area contributed by atoms with Gasteiger partial charge in [-0.3, -0.25) is 0 Å². The number of carbonyl (C=O) groups excluding carboxylic acids is 1. The number of aliphatic hydroxyl groups is 1. The number of aliphatic hydroxyl groups excluding tert-OH is 1. The molecule has 0 unspecified atom stereocenters. The summed E-state index contributed by atoms with van der Waals surface area (Å²) in [5, 5.41) is 14.1. The van der Waals surface area contributed by atoms with Gasteiger partial charge in [-0.25, -0.2) is 4.79 Å². The first-order valence-corrected chi connectivity index (χ1v) is 10.7. The first-order chi connectivity index (χ1) is 13.5. The number of amides is 1. The molecule has 1 atom stereocenters. The zero-order valence-electron chi connectivity index (χ0n) is 16.5. The van der Waals surface area contributed by atoms with Gasteiger partial charge in [0.15, 0.2) is 0 Å². The number of rotatable bonds is 5. The predicted molar refractivity (Wildman–Crippen MR) is 108 cm³/mol. The Hall–Kier alpha value is -2.01. The Morgan fingerprint density at radius 1 is 1.18 bits per heavy atom. The number of para-hydroxylation sites is 1. The second-order valence-corrected chi connectivity index (χ2v) is 9.68. The Morgan fingerprint density at radius 3 is 2.54 bits per heavy atom. The van der Waals surface area contributed by atoms with E-state index in [-0.39, 0.29) is 18.8 Å². The standard InChI is InChI=1S/C23H30N2O3/c1-23(13-26,11-18-12-24-20-5-3-2-4-19(18)20)25-22(27)28-21-16-7-14-6-15(9-16)10-17(21)8-14/h2-5,12,14-17,21,24,26H,6-11,13H2,1H3,(H,25,27)/t14?,15?,16?,17?,21?,23-/m1/s1. The Morgan fingerprint density at radius 2 is 1.86 bits per heavy atom. The van der Waals surface area contributed by atoms with Crippen LogP contribution in [0.1, 0.15) is 44.6 Å². The van der Waals surface area contributed by atoms with Crippen molar-refractivity contribution in [3.05, 3.63) is 36.0 Å². The van der Waals surface area contributed by atoms with Crippen molar-refractivity contribution in [1.82, 2.24) is 10.3 Å². The highest BCUT2D eigenvalue weighted by molar-refractivity contribution is 5.83. The Kier molecular flexibility index (Phi) is 4.38. The van der Waals surface area contributed by atoms with E-state index in [1.807, 2.05) is 31.3 Å². The van der Waals surface area contributed by atoms with E-state index in [1.54, 1.807) is 0 Å². The number of ether oxygens (including phenoxy) is 1. The lowest BCUT2D eigenvalue weighted by Gasteiger charge is -2.53. The molecule has 5 nitrogen and oxygen atoms in total. The number of fused-ring (bicyclic) bond motifs is 1. The van der Waals surface area contributed by atoms with Crippen molar-refractivity contribution in [2.75, 3.05) is 6.61 Å². The molecule has 28 heavy (non-hydrogen) atoms. The number of aromatic amines is 1. The molecule has 1 aromatic heterocycles. The topological polar surface area (TPSA) is 74.4 Å². The molecule has 6 rings (SSSR count). The van der Waals surface area contributed by atoms with Crippen LogP contribution in [0.4, 0.5) is 4.79 Å². The van der Waals surface area contributed by atoms with Crippen molar-refractivity contribution in [3.8, 4) is 0 Å². The molecule has 4 aliphatic rings. The molecule has 4 aliphatic carbocycles. The number of aromatic nitrogens is 1. The molecule has 1 aromatic carbocycles. The number of hydrogen-bond donors (Lipinski definition) is 3. The van der Waals surface area contributed by atoms with Gasteiger partial charge >= 0.3 is 6.09 Å². The zero-order chi connectivity index (χ0) is 19.3. The highest BCUT2D eigenvalue weighted by Gasteiger charge is 2.50. The molecule has 150 valence electrons. The first-order valence-electron chi connectivity index (χ1n) is 10.7. The molecule has 0 aliphatic heterocycles. The van der Waals surface area contributed by atoms with E-state index in [2.05, 4.69) is 16.4 Å². The smallest absolute Gasteiger partial charge is 0.407 e. The largest absolute Gasteiger partial charge is 0.446 e. The van der Waals surface area contributed by atoms with Crippen molar-refractivity contribution in [3.63, 3.8) is 0 Å². The number of nitrogens with one attached hydrogen (secondary N) is 2. The summed E-state index contributed by atoms with van der Waals surface area (Å²) in [5.74, 6) is 2.79. The minimum Gasteiger partial charge on any atom is -0.446 e. The zero-order valence-corrected chi connectivity index (χ0v) is 16.5. The van der Waals surface area contributed by atoms with Gasteiger partial charge in [0, 0.05) is 17.1 Å². The van der Waals surface area contributed by atoms with Gasteiger partial charge in [-0.1, -0.05) is 18.2 Å². The molecule has 1 amide bonds. The van der Waals surface area contributed by atoms with Crippen LogP contribution in [0.25, 0.3) is 10.9 Å². The van der Waals surface area contributed by atoms with E-state index in [1.165, 1.54) is 32.1 Å². The van der Waals surface area contributed by atoms with E-state index in [0.29, 0.717) is 18.3 Å². The van der Waals surface area contributed by atoms with Gasteiger partial charge in [0.1, 0.15) is 6.10 Å². The minimum absolute atomic E-state index is 0.0591. The number of benzene rings is 1. The third-order valence-electron chi connectivity index (χ3n) is 7.39. The fourth-order valence-electron chi connectivity index (χ4n) is 6.30. The average molecular weight is 383 g/mol. The van der Waals surface area contributed by atoms with Gasteiger partial charge in [0.05, 0.1) is 12.1 Å². The van der Waals surface area contributed by atoms with E-state index in [0.717, 1.165) is 28.3 Å². The number of hydrogen-bond acceptors (Lipinski definition) is 3. The lowest BCUT2D eigenvalue weighted by Crippen LogP contribution is -2.55. The lowest BCUT2D eigenvalue weighted by molar-refractivity contribution is -0.0974.